The van der Waals surface area contributed by atoms with E-state index in [2.05, 4.69) is 13.8 Å². The molecule has 0 spiro atoms. The molecule has 1 aliphatic heterocycles. The lowest BCUT2D eigenvalue weighted by molar-refractivity contribution is -0.123. The third-order valence-corrected chi connectivity index (χ3v) is 4.87. The fourth-order valence-corrected chi connectivity index (χ4v) is 3.40. The summed E-state index contributed by atoms with van der Waals surface area (Å²) < 4.78 is 11.2. The maximum atomic E-state index is 12.5. The minimum Gasteiger partial charge on any atom is -0.493 e. The van der Waals surface area contributed by atoms with Crippen LogP contribution in [-0.4, -0.2) is 35.8 Å². The van der Waals surface area contributed by atoms with Crippen LogP contribution in [0.2, 0.25) is 0 Å². The highest BCUT2D eigenvalue weighted by molar-refractivity contribution is 8.18. The van der Waals surface area contributed by atoms with Gasteiger partial charge in [-0.15, -0.1) is 0 Å². The summed E-state index contributed by atoms with van der Waals surface area (Å²) in [5.74, 6) is 1.67. The van der Waals surface area contributed by atoms with Gasteiger partial charge in [0.25, 0.3) is 11.1 Å². The Morgan fingerprint density at radius 1 is 0.964 bits per heavy atom. The second kappa shape index (κ2) is 9.46. The maximum absolute atomic E-state index is 12.5. The molecule has 2 aromatic rings. The Balaban J connectivity index is 1.57. The fourth-order valence-electron chi connectivity index (χ4n) is 2.54. The Bertz CT molecular complexity index is 847. The molecule has 1 aliphatic rings. The highest BCUT2D eigenvalue weighted by atomic mass is 32.2. The standard InChI is InChI=1S/C22H23NO4S/c1-16(2)15-27-19-10-8-17(9-11-19)14-20-21(24)23(22(25)28-20)12-13-26-18-6-4-3-5-7-18/h3-11,14,16H,12-13,15H2,1-2H3/b20-14-. The van der Waals surface area contributed by atoms with Crippen LogP contribution in [0.4, 0.5) is 4.79 Å². The van der Waals surface area contributed by atoms with E-state index in [1.54, 1.807) is 6.08 Å². The monoisotopic (exact) mass is 397 g/mol. The predicted octanol–water partition coefficient (Wildman–Crippen LogP) is 4.84. The lowest BCUT2D eigenvalue weighted by atomic mass is 10.2. The van der Waals surface area contributed by atoms with Gasteiger partial charge in [-0.3, -0.25) is 14.5 Å². The van der Waals surface area contributed by atoms with Gasteiger partial charge < -0.3 is 9.47 Å². The van der Waals surface area contributed by atoms with Crippen LogP contribution in [0.15, 0.2) is 59.5 Å². The van der Waals surface area contributed by atoms with Crippen molar-refractivity contribution in [2.45, 2.75) is 13.8 Å². The van der Waals surface area contributed by atoms with Gasteiger partial charge in [-0.05, 0) is 53.6 Å². The molecule has 3 rings (SSSR count). The first-order valence-electron chi connectivity index (χ1n) is 9.19. The van der Waals surface area contributed by atoms with Crippen LogP contribution >= 0.6 is 11.8 Å². The molecule has 5 nitrogen and oxygen atoms in total. The van der Waals surface area contributed by atoms with Crippen molar-refractivity contribution < 1.29 is 19.1 Å². The molecule has 0 aromatic heterocycles. The molecule has 0 radical (unpaired) electrons. The zero-order chi connectivity index (χ0) is 19.9. The minimum atomic E-state index is -0.285. The number of para-hydroxylation sites is 1. The van der Waals surface area contributed by atoms with Crippen molar-refractivity contribution in [2.24, 2.45) is 5.92 Å². The van der Waals surface area contributed by atoms with Crippen LogP contribution in [0.5, 0.6) is 11.5 Å². The fraction of sp³-hybridized carbons (Fsp3) is 0.273. The molecular formula is C22H23NO4S. The number of nitrogens with zero attached hydrogens (tertiary/aromatic N) is 1. The van der Waals surface area contributed by atoms with Crippen molar-refractivity contribution in [1.82, 2.24) is 4.90 Å². The maximum Gasteiger partial charge on any atom is 0.293 e. The molecule has 1 fully saturated rings. The van der Waals surface area contributed by atoms with E-state index in [-0.39, 0.29) is 24.3 Å². The molecule has 28 heavy (non-hydrogen) atoms. The highest BCUT2D eigenvalue weighted by Gasteiger charge is 2.34. The van der Waals surface area contributed by atoms with Gasteiger partial charge in [0.2, 0.25) is 0 Å². The van der Waals surface area contributed by atoms with E-state index in [4.69, 9.17) is 9.47 Å². The third kappa shape index (κ3) is 5.39. The van der Waals surface area contributed by atoms with Crippen molar-refractivity contribution in [2.75, 3.05) is 19.8 Å². The molecule has 0 saturated carbocycles. The van der Waals surface area contributed by atoms with E-state index in [0.29, 0.717) is 23.2 Å². The number of thioether (sulfide) groups is 1. The van der Waals surface area contributed by atoms with Crippen LogP contribution in [-0.2, 0) is 4.79 Å². The van der Waals surface area contributed by atoms with Crippen LogP contribution < -0.4 is 9.47 Å². The van der Waals surface area contributed by atoms with Gasteiger partial charge in [-0.25, -0.2) is 0 Å². The number of ether oxygens (including phenoxy) is 2. The first-order valence-corrected chi connectivity index (χ1v) is 10.0. The first-order chi connectivity index (χ1) is 13.5. The molecule has 2 aromatic carbocycles. The van der Waals surface area contributed by atoms with Crippen molar-refractivity contribution in [1.29, 1.82) is 0 Å². The predicted molar refractivity (Wildman–Crippen MR) is 111 cm³/mol. The molecule has 0 N–H and O–H groups in total. The normalized spacial score (nSPS) is 15.5. The van der Waals surface area contributed by atoms with E-state index < -0.39 is 0 Å². The highest BCUT2D eigenvalue weighted by Crippen LogP contribution is 2.32. The number of benzene rings is 2. The topological polar surface area (TPSA) is 55.8 Å². The van der Waals surface area contributed by atoms with E-state index >= 15 is 0 Å². The molecular weight excluding hydrogens is 374 g/mol. The summed E-state index contributed by atoms with van der Waals surface area (Å²) >= 11 is 0.953. The second-order valence-electron chi connectivity index (χ2n) is 6.77. The van der Waals surface area contributed by atoms with E-state index in [1.807, 2.05) is 54.6 Å². The number of carbonyl (C=O) groups excluding carboxylic acids is 2. The Hall–Kier alpha value is -2.73. The summed E-state index contributed by atoms with van der Waals surface area (Å²) in [7, 11) is 0. The van der Waals surface area contributed by atoms with Crippen LogP contribution in [0, 0.1) is 5.92 Å². The van der Waals surface area contributed by atoms with Gasteiger partial charge in [0.1, 0.15) is 18.1 Å². The summed E-state index contributed by atoms with van der Waals surface area (Å²) in [6.45, 7) is 5.32. The number of carbonyl (C=O) groups is 2. The number of amides is 2. The zero-order valence-corrected chi connectivity index (χ0v) is 16.8. The molecule has 0 bridgehead atoms. The van der Waals surface area contributed by atoms with Crippen LogP contribution in [0.1, 0.15) is 19.4 Å². The van der Waals surface area contributed by atoms with Crippen molar-refractivity contribution in [3.8, 4) is 11.5 Å². The average molecular weight is 397 g/mol. The quantitative estimate of drug-likeness (QED) is 0.597. The van der Waals surface area contributed by atoms with Crippen molar-refractivity contribution in [3.05, 3.63) is 65.1 Å². The minimum absolute atomic E-state index is 0.221. The lowest BCUT2D eigenvalue weighted by Gasteiger charge is -2.13. The molecule has 0 aliphatic carbocycles. The number of hydrogen-bond donors (Lipinski definition) is 0. The number of rotatable bonds is 8. The van der Waals surface area contributed by atoms with E-state index in [0.717, 1.165) is 23.1 Å². The van der Waals surface area contributed by atoms with Crippen LogP contribution in [0.3, 0.4) is 0 Å². The molecule has 1 heterocycles. The van der Waals surface area contributed by atoms with E-state index in [9.17, 15) is 9.59 Å². The van der Waals surface area contributed by atoms with Gasteiger partial charge in [-0.1, -0.05) is 44.2 Å². The molecule has 0 unspecified atom stereocenters. The van der Waals surface area contributed by atoms with Crippen molar-refractivity contribution >= 4 is 29.0 Å². The zero-order valence-electron chi connectivity index (χ0n) is 16.0. The Labute approximate surface area is 169 Å². The average Bonchev–Trinajstić information content (AvgIpc) is 2.95. The smallest absolute Gasteiger partial charge is 0.293 e. The lowest BCUT2D eigenvalue weighted by Crippen LogP contribution is -2.32. The van der Waals surface area contributed by atoms with Gasteiger partial charge in [0, 0.05) is 0 Å². The molecule has 146 valence electrons. The summed E-state index contributed by atoms with van der Waals surface area (Å²) in [6.07, 6.45) is 1.73. The SMILES string of the molecule is CC(C)COc1ccc(/C=C2\SC(=O)N(CCOc3ccccc3)C2=O)cc1. The molecule has 1 saturated heterocycles. The largest absolute Gasteiger partial charge is 0.493 e. The second-order valence-corrected chi connectivity index (χ2v) is 7.76. The van der Waals surface area contributed by atoms with E-state index in [1.165, 1.54) is 4.90 Å². The third-order valence-electron chi connectivity index (χ3n) is 3.96. The molecule has 0 atom stereocenters. The van der Waals surface area contributed by atoms with Gasteiger partial charge in [0.05, 0.1) is 18.1 Å². The van der Waals surface area contributed by atoms with Crippen molar-refractivity contribution in [3.63, 3.8) is 0 Å². The van der Waals surface area contributed by atoms with Crippen LogP contribution in [0.25, 0.3) is 6.08 Å². The summed E-state index contributed by atoms with van der Waals surface area (Å²) in [5, 5.41) is -0.273. The first kappa shape index (κ1) is 20.0. The molecule has 6 heteroatoms. The number of hydrogen-bond acceptors (Lipinski definition) is 5. The summed E-state index contributed by atoms with van der Waals surface area (Å²) in [5.41, 5.74) is 0.850. The Morgan fingerprint density at radius 3 is 2.32 bits per heavy atom. The van der Waals surface area contributed by atoms with Gasteiger partial charge >= 0.3 is 0 Å². The summed E-state index contributed by atoms with van der Waals surface area (Å²) in [6, 6.07) is 16.8. The molecule has 2 amide bonds. The van der Waals surface area contributed by atoms with Gasteiger partial charge in [0.15, 0.2) is 0 Å². The van der Waals surface area contributed by atoms with Gasteiger partial charge in [-0.2, -0.15) is 0 Å². The number of imide groups is 1. The Morgan fingerprint density at radius 2 is 1.64 bits per heavy atom. The Kier molecular flexibility index (Phi) is 6.76. The summed E-state index contributed by atoms with van der Waals surface area (Å²) in [4.78, 5) is 26.4.